The van der Waals surface area contributed by atoms with Crippen molar-refractivity contribution in [1.29, 1.82) is 0 Å². The van der Waals surface area contributed by atoms with Gasteiger partial charge in [0.2, 0.25) is 0 Å². The van der Waals surface area contributed by atoms with E-state index in [0.29, 0.717) is 4.88 Å². The molecule has 3 aromatic rings. The van der Waals surface area contributed by atoms with Crippen LogP contribution in [-0.2, 0) is 6.42 Å². The van der Waals surface area contributed by atoms with Gasteiger partial charge >= 0.3 is 0 Å². The van der Waals surface area contributed by atoms with Crippen LogP contribution in [0.25, 0.3) is 10.1 Å². The summed E-state index contributed by atoms with van der Waals surface area (Å²) < 4.78 is 1.13. The molecular weight excluding hydrogens is 354 g/mol. The fraction of sp³-hybridized carbons (Fsp3) is 0.318. The van der Waals surface area contributed by atoms with Gasteiger partial charge in [0.05, 0.1) is 4.88 Å². The molecule has 1 aliphatic rings. The summed E-state index contributed by atoms with van der Waals surface area (Å²) in [5.74, 6) is -0.344. The van der Waals surface area contributed by atoms with Gasteiger partial charge in [-0.2, -0.15) is 0 Å². The summed E-state index contributed by atoms with van der Waals surface area (Å²) in [6.45, 7) is 7.38. The molecule has 2 heterocycles. The molecule has 1 amide bonds. The number of hydrogen-bond donors (Lipinski definition) is 1. The highest BCUT2D eigenvalue weighted by Crippen LogP contribution is 2.33. The zero-order valence-electron chi connectivity index (χ0n) is 15.6. The number of anilines is 1. The van der Waals surface area contributed by atoms with Gasteiger partial charge in [-0.1, -0.05) is 35.9 Å². The van der Waals surface area contributed by atoms with E-state index in [1.807, 2.05) is 6.07 Å². The highest BCUT2D eigenvalue weighted by atomic mass is 32.1. The van der Waals surface area contributed by atoms with Crippen molar-refractivity contribution in [2.24, 2.45) is 5.73 Å². The van der Waals surface area contributed by atoms with E-state index in [9.17, 15) is 4.79 Å². The zero-order valence-corrected chi connectivity index (χ0v) is 16.5. The van der Waals surface area contributed by atoms with E-state index in [0.717, 1.165) is 49.2 Å². The summed E-state index contributed by atoms with van der Waals surface area (Å²) in [6, 6.07) is 17.1. The molecule has 0 aliphatic carbocycles. The minimum atomic E-state index is -0.344. The first-order chi connectivity index (χ1) is 13.1. The predicted octanol–water partition coefficient (Wildman–Crippen LogP) is 3.67. The third-order valence-corrected chi connectivity index (χ3v) is 6.45. The highest BCUT2D eigenvalue weighted by molar-refractivity contribution is 7.20. The Morgan fingerprint density at radius 2 is 1.81 bits per heavy atom. The van der Waals surface area contributed by atoms with E-state index in [1.54, 1.807) is 0 Å². The summed E-state index contributed by atoms with van der Waals surface area (Å²) in [5.41, 5.74) is 9.40. The number of amides is 1. The number of rotatable bonds is 5. The Morgan fingerprint density at radius 1 is 1.07 bits per heavy atom. The molecule has 0 radical (unpaired) electrons. The second kappa shape index (κ2) is 7.71. The second-order valence-electron chi connectivity index (χ2n) is 7.23. The number of hydrogen-bond acceptors (Lipinski definition) is 4. The van der Waals surface area contributed by atoms with Gasteiger partial charge in [0.25, 0.3) is 5.91 Å². The number of benzene rings is 2. The number of thiophene rings is 1. The van der Waals surface area contributed by atoms with Gasteiger partial charge in [0.1, 0.15) is 0 Å². The normalized spacial score (nSPS) is 15.4. The first-order valence-electron chi connectivity index (χ1n) is 9.45. The van der Waals surface area contributed by atoms with Crippen molar-refractivity contribution >= 4 is 33.0 Å². The molecule has 0 bridgehead atoms. The van der Waals surface area contributed by atoms with E-state index in [2.05, 4.69) is 59.2 Å². The van der Waals surface area contributed by atoms with Gasteiger partial charge in [-0.05, 0) is 37.1 Å². The molecule has 0 atom stereocenters. The maximum Gasteiger partial charge on any atom is 0.258 e. The predicted molar refractivity (Wildman–Crippen MR) is 114 cm³/mol. The van der Waals surface area contributed by atoms with E-state index < -0.39 is 0 Å². The molecule has 1 aromatic heterocycles. The fourth-order valence-electron chi connectivity index (χ4n) is 3.70. The van der Waals surface area contributed by atoms with Crippen LogP contribution in [-0.4, -0.2) is 43.5 Å². The lowest BCUT2D eigenvalue weighted by atomic mass is 10.1. The summed E-state index contributed by atoms with van der Waals surface area (Å²) >= 11 is 1.48. The Hall–Kier alpha value is -2.37. The number of primary amides is 1. The molecule has 0 saturated carbocycles. The lowest BCUT2D eigenvalue weighted by Crippen LogP contribution is -2.47. The van der Waals surface area contributed by atoms with Crippen molar-refractivity contribution < 1.29 is 4.79 Å². The lowest BCUT2D eigenvalue weighted by molar-refractivity contribution is 0.100. The lowest BCUT2D eigenvalue weighted by Gasteiger charge is -2.36. The highest BCUT2D eigenvalue weighted by Gasteiger charge is 2.19. The van der Waals surface area contributed by atoms with Gasteiger partial charge in [0.15, 0.2) is 0 Å². The van der Waals surface area contributed by atoms with E-state index in [4.69, 9.17) is 5.73 Å². The maximum atomic E-state index is 11.5. The molecule has 0 unspecified atom stereocenters. The number of piperazine rings is 1. The van der Waals surface area contributed by atoms with Crippen LogP contribution in [0.4, 0.5) is 5.69 Å². The van der Waals surface area contributed by atoms with Crippen molar-refractivity contribution in [1.82, 2.24) is 4.90 Å². The number of nitrogens with zero attached hydrogens (tertiary/aromatic N) is 2. The quantitative estimate of drug-likeness (QED) is 0.736. The van der Waals surface area contributed by atoms with Crippen LogP contribution in [0.2, 0.25) is 0 Å². The van der Waals surface area contributed by atoms with E-state index in [1.165, 1.54) is 28.2 Å². The monoisotopic (exact) mass is 379 g/mol. The first-order valence-corrected chi connectivity index (χ1v) is 10.3. The summed E-state index contributed by atoms with van der Waals surface area (Å²) in [4.78, 5) is 17.1. The molecule has 0 spiro atoms. The molecule has 1 fully saturated rings. The average Bonchev–Trinajstić information content (AvgIpc) is 3.13. The van der Waals surface area contributed by atoms with Crippen molar-refractivity contribution in [3.05, 3.63) is 64.5 Å². The van der Waals surface area contributed by atoms with Crippen molar-refractivity contribution in [3.63, 3.8) is 0 Å². The van der Waals surface area contributed by atoms with Gasteiger partial charge in [-0.3, -0.25) is 9.69 Å². The Kier molecular flexibility index (Phi) is 5.14. The van der Waals surface area contributed by atoms with Gasteiger partial charge in [0, 0.05) is 48.5 Å². The van der Waals surface area contributed by atoms with Crippen molar-refractivity contribution in [2.75, 3.05) is 37.6 Å². The third-order valence-electron chi connectivity index (χ3n) is 5.33. The Bertz CT molecular complexity index is 940. The summed E-state index contributed by atoms with van der Waals surface area (Å²) in [5, 5.41) is 1.14. The molecule has 1 saturated heterocycles. The summed E-state index contributed by atoms with van der Waals surface area (Å²) in [7, 11) is 0. The Balaban J connectivity index is 1.39. The number of nitrogens with two attached hydrogens (primary N) is 1. The molecule has 2 N–H and O–H groups in total. The molecule has 4 rings (SSSR count). The minimum Gasteiger partial charge on any atom is -0.368 e. The Labute approximate surface area is 164 Å². The van der Waals surface area contributed by atoms with Crippen LogP contribution in [0.15, 0.2) is 48.5 Å². The molecule has 4 nitrogen and oxygen atoms in total. The number of aryl methyl sites for hydroxylation is 1. The van der Waals surface area contributed by atoms with E-state index >= 15 is 0 Å². The van der Waals surface area contributed by atoms with Gasteiger partial charge < -0.3 is 10.6 Å². The third kappa shape index (κ3) is 3.99. The Morgan fingerprint density at radius 3 is 2.52 bits per heavy atom. The standard InChI is InChI=1S/C22H25N3OS/c1-16-5-7-17(8-6-16)9-10-24-11-13-25(14-12-24)19-3-2-4-20-18(19)15-21(27-20)22(23)26/h2-8,15H,9-14H2,1H3,(H2,23,26). The smallest absolute Gasteiger partial charge is 0.258 e. The molecule has 1 aliphatic heterocycles. The maximum absolute atomic E-state index is 11.5. The largest absolute Gasteiger partial charge is 0.368 e. The molecular formula is C22H25N3OS. The van der Waals surface area contributed by atoms with Gasteiger partial charge in [-0.15, -0.1) is 11.3 Å². The van der Waals surface area contributed by atoms with Crippen molar-refractivity contribution in [2.45, 2.75) is 13.3 Å². The van der Waals surface area contributed by atoms with Crippen molar-refractivity contribution in [3.8, 4) is 0 Å². The number of carbonyl (C=O) groups excluding carboxylic acids is 1. The fourth-order valence-corrected chi connectivity index (χ4v) is 4.63. The van der Waals surface area contributed by atoms with Crippen LogP contribution < -0.4 is 10.6 Å². The first kappa shape index (κ1) is 18.0. The van der Waals surface area contributed by atoms with Crippen LogP contribution in [0.5, 0.6) is 0 Å². The topological polar surface area (TPSA) is 49.6 Å². The molecule has 5 heteroatoms. The molecule has 27 heavy (non-hydrogen) atoms. The number of fused-ring (bicyclic) bond motifs is 1. The van der Waals surface area contributed by atoms with E-state index in [-0.39, 0.29) is 5.91 Å². The average molecular weight is 380 g/mol. The molecule has 140 valence electrons. The van der Waals surface area contributed by atoms with Crippen LogP contribution in [0, 0.1) is 6.92 Å². The van der Waals surface area contributed by atoms with Gasteiger partial charge in [-0.25, -0.2) is 0 Å². The molecule has 2 aromatic carbocycles. The number of carbonyl (C=O) groups is 1. The summed E-state index contributed by atoms with van der Waals surface area (Å²) in [6.07, 6.45) is 1.10. The minimum absolute atomic E-state index is 0.344. The van der Waals surface area contributed by atoms with Crippen LogP contribution in [0.3, 0.4) is 0 Å². The SMILES string of the molecule is Cc1ccc(CCN2CCN(c3cccc4sc(C(N)=O)cc34)CC2)cc1. The second-order valence-corrected chi connectivity index (χ2v) is 8.31. The van der Waals surface area contributed by atoms with Crippen LogP contribution in [0.1, 0.15) is 20.8 Å². The van der Waals surface area contributed by atoms with Crippen LogP contribution >= 0.6 is 11.3 Å². The zero-order chi connectivity index (χ0) is 18.8.